The molecule has 1 saturated heterocycles. The van der Waals surface area contributed by atoms with Crippen LogP contribution >= 0.6 is 0 Å². The van der Waals surface area contributed by atoms with Crippen LogP contribution in [0.15, 0.2) is 18.3 Å². The van der Waals surface area contributed by atoms with Crippen molar-refractivity contribution in [2.75, 3.05) is 13.2 Å². The molecule has 3 nitrogen and oxygen atoms in total. The Hall–Kier alpha value is -0.930. The van der Waals surface area contributed by atoms with E-state index in [2.05, 4.69) is 31.0 Å². The first-order valence-corrected chi connectivity index (χ1v) is 6.41. The summed E-state index contributed by atoms with van der Waals surface area (Å²) in [5, 5.41) is 0. The monoisotopic (exact) mass is 235 g/mol. The smallest absolute Gasteiger partial charge is 0.157 e. The average Bonchev–Trinajstić information content (AvgIpc) is 2.38. The second kappa shape index (κ2) is 6.12. The Labute approximate surface area is 103 Å². The minimum absolute atomic E-state index is 0.00310. The van der Waals surface area contributed by atoms with E-state index in [0.29, 0.717) is 5.92 Å². The normalized spacial score (nSPS) is 19.2. The molecule has 0 aromatic carbocycles. The largest absolute Gasteiger partial charge is 0.353 e. The molecule has 0 radical (unpaired) electrons. The highest BCUT2D eigenvalue weighted by Gasteiger charge is 2.16. The summed E-state index contributed by atoms with van der Waals surface area (Å²) in [5.74, 6) is 0.463. The Kier molecular flexibility index (Phi) is 4.51. The van der Waals surface area contributed by atoms with E-state index < -0.39 is 0 Å². The number of ether oxygens (including phenoxy) is 2. The molecule has 1 aromatic rings. The SMILES string of the molecule is Cc1ccc(C(C)CCC2OCCCO2)nc1. The van der Waals surface area contributed by atoms with Gasteiger partial charge in [-0.3, -0.25) is 4.98 Å². The van der Waals surface area contributed by atoms with Crippen molar-refractivity contribution in [2.45, 2.75) is 45.3 Å². The van der Waals surface area contributed by atoms with Gasteiger partial charge in [-0.25, -0.2) is 0 Å². The van der Waals surface area contributed by atoms with Gasteiger partial charge in [-0.05, 0) is 43.7 Å². The van der Waals surface area contributed by atoms with Crippen molar-refractivity contribution in [3.05, 3.63) is 29.6 Å². The first kappa shape index (κ1) is 12.5. The number of nitrogens with zero attached hydrogens (tertiary/aromatic N) is 1. The van der Waals surface area contributed by atoms with Gasteiger partial charge in [0.1, 0.15) is 0 Å². The van der Waals surface area contributed by atoms with E-state index in [0.717, 1.165) is 38.2 Å². The van der Waals surface area contributed by atoms with Crippen molar-refractivity contribution in [3.8, 4) is 0 Å². The molecule has 0 saturated carbocycles. The molecule has 0 bridgehead atoms. The zero-order chi connectivity index (χ0) is 12.1. The van der Waals surface area contributed by atoms with Crippen LogP contribution in [0.3, 0.4) is 0 Å². The second-order valence-electron chi connectivity index (χ2n) is 4.76. The van der Waals surface area contributed by atoms with E-state index in [9.17, 15) is 0 Å². The lowest BCUT2D eigenvalue weighted by atomic mass is 10.0. The first-order chi connectivity index (χ1) is 8.25. The van der Waals surface area contributed by atoms with Crippen LogP contribution in [0.2, 0.25) is 0 Å². The lowest BCUT2D eigenvalue weighted by molar-refractivity contribution is -0.181. The van der Waals surface area contributed by atoms with E-state index >= 15 is 0 Å². The second-order valence-corrected chi connectivity index (χ2v) is 4.76. The average molecular weight is 235 g/mol. The van der Waals surface area contributed by atoms with Gasteiger partial charge in [0.15, 0.2) is 6.29 Å². The molecule has 0 spiro atoms. The summed E-state index contributed by atoms with van der Waals surface area (Å²) in [6.45, 7) is 5.94. The third-order valence-electron chi connectivity index (χ3n) is 3.17. The molecule has 0 N–H and O–H groups in total. The fraction of sp³-hybridized carbons (Fsp3) is 0.643. The number of pyridine rings is 1. The zero-order valence-corrected chi connectivity index (χ0v) is 10.7. The van der Waals surface area contributed by atoms with Gasteiger partial charge in [0.2, 0.25) is 0 Å². The molecule has 17 heavy (non-hydrogen) atoms. The third kappa shape index (κ3) is 3.79. The minimum Gasteiger partial charge on any atom is -0.353 e. The van der Waals surface area contributed by atoms with Crippen LogP contribution in [-0.2, 0) is 9.47 Å². The van der Waals surface area contributed by atoms with E-state index in [1.165, 1.54) is 5.56 Å². The number of hydrogen-bond acceptors (Lipinski definition) is 3. The summed E-state index contributed by atoms with van der Waals surface area (Å²) in [6, 6.07) is 4.23. The van der Waals surface area contributed by atoms with Crippen LogP contribution in [-0.4, -0.2) is 24.5 Å². The number of rotatable bonds is 4. The maximum Gasteiger partial charge on any atom is 0.157 e. The molecule has 1 unspecified atom stereocenters. The van der Waals surface area contributed by atoms with Gasteiger partial charge in [-0.2, -0.15) is 0 Å². The Morgan fingerprint density at radius 3 is 2.76 bits per heavy atom. The number of aromatic nitrogens is 1. The Balaban J connectivity index is 1.80. The van der Waals surface area contributed by atoms with Crippen LogP contribution in [0.4, 0.5) is 0 Å². The molecule has 2 heterocycles. The molecule has 1 aromatic heterocycles. The molecular formula is C14H21NO2. The predicted molar refractivity (Wildman–Crippen MR) is 66.9 cm³/mol. The van der Waals surface area contributed by atoms with Crippen molar-refractivity contribution < 1.29 is 9.47 Å². The molecule has 94 valence electrons. The highest BCUT2D eigenvalue weighted by atomic mass is 16.7. The van der Waals surface area contributed by atoms with Crippen LogP contribution < -0.4 is 0 Å². The molecule has 0 amide bonds. The first-order valence-electron chi connectivity index (χ1n) is 6.41. The minimum atomic E-state index is -0.00310. The summed E-state index contributed by atoms with van der Waals surface area (Å²) in [6.07, 6.45) is 4.96. The van der Waals surface area contributed by atoms with Gasteiger partial charge >= 0.3 is 0 Å². The quantitative estimate of drug-likeness (QED) is 0.803. The van der Waals surface area contributed by atoms with Gasteiger partial charge in [-0.1, -0.05) is 13.0 Å². The van der Waals surface area contributed by atoms with Crippen LogP contribution in [0, 0.1) is 6.92 Å². The summed E-state index contributed by atoms with van der Waals surface area (Å²) < 4.78 is 11.1. The highest BCUT2D eigenvalue weighted by molar-refractivity contribution is 5.14. The van der Waals surface area contributed by atoms with E-state index in [1.807, 2.05) is 6.20 Å². The Morgan fingerprint density at radius 2 is 2.12 bits per heavy atom. The highest BCUT2D eigenvalue weighted by Crippen LogP contribution is 2.21. The van der Waals surface area contributed by atoms with Crippen molar-refractivity contribution in [2.24, 2.45) is 0 Å². The Morgan fingerprint density at radius 1 is 1.35 bits per heavy atom. The van der Waals surface area contributed by atoms with Gasteiger partial charge in [0.05, 0.1) is 13.2 Å². The fourth-order valence-electron chi connectivity index (χ4n) is 2.01. The maximum absolute atomic E-state index is 5.54. The Bertz CT molecular complexity index is 331. The van der Waals surface area contributed by atoms with Crippen LogP contribution in [0.25, 0.3) is 0 Å². The van der Waals surface area contributed by atoms with E-state index in [1.54, 1.807) is 0 Å². The fourth-order valence-corrected chi connectivity index (χ4v) is 2.01. The summed E-state index contributed by atoms with van der Waals surface area (Å²) in [4.78, 5) is 4.46. The lowest BCUT2D eigenvalue weighted by Gasteiger charge is -2.24. The summed E-state index contributed by atoms with van der Waals surface area (Å²) in [7, 11) is 0. The van der Waals surface area contributed by atoms with Crippen LogP contribution in [0.5, 0.6) is 0 Å². The van der Waals surface area contributed by atoms with Crippen molar-refractivity contribution in [3.63, 3.8) is 0 Å². The topological polar surface area (TPSA) is 31.4 Å². The van der Waals surface area contributed by atoms with Crippen LogP contribution in [0.1, 0.15) is 43.4 Å². The molecule has 1 aliphatic rings. The van der Waals surface area contributed by atoms with E-state index in [4.69, 9.17) is 9.47 Å². The number of aryl methyl sites for hydroxylation is 1. The van der Waals surface area contributed by atoms with Crippen molar-refractivity contribution in [1.82, 2.24) is 4.98 Å². The zero-order valence-electron chi connectivity index (χ0n) is 10.7. The third-order valence-corrected chi connectivity index (χ3v) is 3.17. The van der Waals surface area contributed by atoms with Gasteiger partial charge in [0.25, 0.3) is 0 Å². The van der Waals surface area contributed by atoms with Gasteiger partial charge in [-0.15, -0.1) is 0 Å². The number of hydrogen-bond donors (Lipinski definition) is 0. The summed E-state index contributed by atoms with van der Waals surface area (Å²) in [5.41, 5.74) is 2.37. The van der Waals surface area contributed by atoms with Gasteiger partial charge in [0, 0.05) is 11.9 Å². The van der Waals surface area contributed by atoms with Crippen molar-refractivity contribution >= 4 is 0 Å². The lowest BCUT2D eigenvalue weighted by Crippen LogP contribution is -2.25. The molecule has 0 aliphatic carbocycles. The molecule has 1 fully saturated rings. The van der Waals surface area contributed by atoms with Crippen molar-refractivity contribution in [1.29, 1.82) is 0 Å². The predicted octanol–water partition coefficient (Wildman–Crippen LogP) is 3.04. The molecule has 1 atom stereocenters. The molecule has 2 rings (SSSR count). The summed E-state index contributed by atoms with van der Waals surface area (Å²) >= 11 is 0. The van der Waals surface area contributed by atoms with Gasteiger partial charge < -0.3 is 9.47 Å². The standard InChI is InChI=1S/C14H21NO2/c1-11-4-6-13(15-10-11)12(2)5-7-14-16-8-3-9-17-14/h4,6,10,12,14H,3,5,7-9H2,1-2H3. The molecular weight excluding hydrogens is 214 g/mol. The molecule has 1 aliphatic heterocycles. The maximum atomic E-state index is 5.54. The molecule has 3 heteroatoms. The van der Waals surface area contributed by atoms with E-state index in [-0.39, 0.29) is 6.29 Å².